The van der Waals surface area contributed by atoms with Crippen LogP contribution >= 0.6 is 11.3 Å². The summed E-state index contributed by atoms with van der Waals surface area (Å²) in [6.45, 7) is 5.95. The molecule has 0 radical (unpaired) electrons. The molecular formula is C17H19NO2S. The first-order chi connectivity index (χ1) is 9.94. The SMILES string of the molecule is Cc1cc(C)cc(NC(=O)CCC(=O)c2ccc(C)s2)c1. The molecule has 4 heteroatoms. The summed E-state index contributed by atoms with van der Waals surface area (Å²) in [7, 11) is 0. The molecule has 0 bridgehead atoms. The van der Waals surface area contributed by atoms with Gasteiger partial charge >= 0.3 is 0 Å². The van der Waals surface area contributed by atoms with Gasteiger partial charge < -0.3 is 5.32 Å². The maximum atomic E-state index is 12.0. The highest BCUT2D eigenvalue weighted by molar-refractivity contribution is 7.14. The van der Waals surface area contributed by atoms with Gasteiger partial charge in [0.2, 0.25) is 5.91 Å². The highest BCUT2D eigenvalue weighted by atomic mass is 32.1. The summed E-state index contributed by atoms with van der Waals surface area (Å²) in [4.78, 5) is 25.7. The molecule has 0 atom stereocenters. The molecule has 110 valence electrons. The van der Waals surface area contributed by atoms with Crippen LogP contribution in [0, 0.1) is 20.8 Å². The standard InChI is InChI=1S/C17H19NO2S/c1-11-8-12(2)10-14(9-11)18-17(20)7-5-15(19)16-6-4-13(3)21-16/h4,6,8-10H,5,7H2,1-3H3,(H,18,20). The quantitative estimate of drug-likeness (QED) is 0.838. The van der Waals surface area contributed by atoms with Crippen molar-refractivity contribution in [2.45, 2.75) is 33.6 Å². The predicted octanol–water partition coefficient (Wildman–Crippen LogP) is 4.27. The molecule has 0 aliphatic rings. The van der Waals surface area contributed by atoms with Crippen LogP contribution in [0.2, 0.25) is 0 Å². The second kappa shape index (κ2) is 6.68. The average Bonchev–Trinajstić information content (AvgIpc) is 2.81. The summed E-state index contributed by atoms with van der Waals surface area (Å²) in [6, 6.07) is 9.65. The van der Waals surface area contributed by atoms with Crippen LogP contribution in [0.3, 0.4) is 0 Å². The molecule has 1 aromatic heterocycles. The Balaban J connectivity index is 1.88. The Morgan fingerprint density at radius 2 is 1.67 bits per heavy atom. The number of rotatable bonds is 5. The summed E-state index contributed by atoms with van der Waals surface area (Å²) < 4.78 is 0. The lowest BCUT2D eigenvalue weighted by molar-refractivity contribution is -0.116. The van der Waals surface area contributed by atoms with Gasteiger partial charge in [0.05, 0.1) is 4.88 Å². The van der Waals surface area contributed by atoms with Crippen molar-refractivity contribution in [3.63, 3.8) is 0 Å². The van der Waals surface area contributed by atoms with Crippen molar-refractivity contribution in [2.75, 3.05) is 5.32 Å². The number of thiophene rings is 1. The zero-order valence-electron chi connectivity index (χ0n) is 12.5. The first kappa shape index (κ1) is 15.4. The Morgan fingerprint density at radius 3 is 2.24 bits per heavy atom. The third kappa shape index (κ3) is 4.53. The number of aryl methyl sites for hydroxylation is 3. The van der Waals surface area contributed by atoms with E-state index in [1.807, 2.05) is 45.0 Å². The number of amides is 1. The molecular weight excluding hydrogens is 282 g/mol. The highest BCUT2D eigenvalue weighted by Gasteiger charge is 2.11. The third-order valence-corrected chi connectivity index (χ3v) is 4.14. The molecule has 0 aliphatic carbocycles. The zero-order valence-corrected chi connectivity index (χ0v) is 13.3. The van der Waals surface area contributed by atoms with Crippen molar-refractivity contribution in [2.24, 2.45) is 0 Å². The minimum Gasteiger partial charge on any atom is -0.326 e. The second-order valence-electron chi connectivity index (χ2n) is 5.26. The molecule has 0 saturated carbocycles. The molecule has 1 N–H and O–H groups in total. The van der Waals surface area contributed by atoms with E-state index >= 15 is 0 Å². The normalized spacial score (nSPS) is 10.4. The molecule has 0 aliphatic heterocycles. The van der Waals surface area contributed by atoms with Gasteiger partial charge in [0.15, 0.2) is 5.78 Å². The first-order valence-electron chi connectivity index (χ1n) is 6.92. The highest BCUT2D eigenvalue weighted by Crippen LogP contribution is 2.18. The monoisotopic (exact) mass is 301 g/mol. The number of hydrogen-bond donors (Lipinski definition) is 1. The number of anilines is 1. The van der Waals surface area contributed by atoms with E-state index in [2.05, 4.69) is 11.4 Å². The van der Waals surface area contributed by atoms with E-state index in [1.54, 1.807) is 0 Å². The number of Topliss-reactive ketones (excluding diaryl/α,β-unsaturated/α-hetero) is 1. The molecule has 21 heavy (non-hydrogen) atoms. The summed E-state index contributed by atoms with van der Waals surface area (Å²) >= 11 is 1.47. The van der Waals surface area contributed by atoms with Gasteiger partial charge in [-0.2, -0.15) is 0 Å². The minimum atomic E-state index is -0.123. The van der Waals surface area contributed by atoms with Gasteiger partial charge in [0.1, 0.15) is 0 Å². The van der Waals surface area contributed by atoms with Gasteiger partial charge in [-0.1, -0.05) is 6.07 Å². The largest absolute Gasteiger partial charge is 0.326 e. The lowest BCUT2D eigenvalue weighted by atomic mass is 10.1. The minimum absolute atomic E-state index is 0.0312. The third-order valence-electron chi connectivity index (χ3n) is 3.10. The van der Waals surface area contributed by atoms with Gasteiger partial charge in [0.25, 0.3) is 0 Å². The molecule has 0 spiro atoms. The van der Waals surface area contributed by atoms with Crippen LogP contribution in [0.1, 0.15) is 38.5 Å². The van der Waals surface area contributed by atoms with Crippen molar-refractivity contribution in [1.29, 1.82) is 0 Å². The van der Waals surface area contributed by atoms with Crippen LogP contribution in [0.15, 0.2) is 30.3 Å². The smallest absolute Gasteiger partial charge is 0.224 e. The lowest BCUT2D eigenvalue weighted by Gasteiger charge is -2.07. The van der Waals surface area contributed by atoms with Crippen molar-refractivity contribution in [3.05, 3.63) is 51.2 Å². The molecule has 2 aromatic rings. The van der Waals surface area contributed by atoms with E-state index in [0.717, 1.165) is 26.6 Å². The summed E-state index contributed by atoms with van der Waals surface area (Å²) in [5.74, 6) is -0.0923. The molecule has 1 aromatic carbocycles. The number of nitrogens with one attached hydrogen (secondary N) is 1. The average molecular weight is 301 g/mol. The Labute approximate surface area is 129 Å². The molecule has 1 heterocycles. The number of benzene rings is 1. The molecule has 0 saturated heterocycles. The van der Waals surface area contributed by atoms with Crippen LogP contribution in [0.5, 0.6) is 0 Å². The summed E-state index contributed by atoms with van der Waals surface area (Å²) in [6.07, 6.45) is 0.458. The van der Waals surface area contributed by atoms with Crippen LogP contribution in [-0.4, -0.2) is 11.7 Å². The zero-order chi connectivity index (χ0) is 15.4. The fourth-order valence-corrected chi connectivity index (χ4v) is 3.04. The summed E-state index contributed by atoms with van der Waals surface area (Å²) in [5.41, 5.74) is 3.00. The molecule has 2 rings (SSSR count). The number of carbonyl (C=O) groups is 2. The fraction of sp³-hybridized carbons (Fsp3) is 0.294. The van der Waals surface area contributed by atoms with Crippen LogP contribution < -0.4 is 5.32 Å². The number of carbonyl (C=O) groups excluding carboxylic acids is 2. The van der Waals surface area contributed by atoms with Crippen molar-refractivity contribution in [3.8, 4) is 0 Å². The van der Waals surface area contributed by atoms with E-state index in [-0.39, 0.29) is 24.5 Å². The molecule has 3 nitrogen and oxygen atoms in total. The Kier molecular flexibility index (Phi) is 4.91. The van der Waals surface area contributed by atoms with E-state index in [0.29, 0.717) is 0 Å². The van der Waals surface area contributed by atoms with Gasteiger partial charge in [0, 0.05) is 23.4 Å². The van der Waals surface area contributed by atoms with E-state index < -0.39 is 0 Å². The van der Waals surface area contributed by atoms with Gasteiger partial charge in [-0.3, -0.25) is 9.59 Å². The van der Waals surface area contributed by atoms with Gasteiger partial charge in [-0.15, -0.1) is 11.3 Å². The molecule has 0 unspecified atom stereocenters. The fourth-order valence-electron chi connectivity index (χ4n) is 2.20. The Bertz CT molecular complexity index is 653. The van der Waals surface area contributed by atoms with Crippen LogP contribution in [0.25, 0.3) is 0 Å². The van der Waals surface area contributed by atoms with E-state index in [9.17, 15) is 9.59 Å². The number of ketones is 1. The summed E-state index contributed by atoms with van der Waals surface area (Å²) in [5, 5.41) is 2.85. The van der Waals surface area contributed by atoms with Crippen molar-refractivity contribution in [1.82, 2.24) is 0 Å². The lowest BCUT2D eigenvalue weighted by Crippen LogP contribution is -2.13. The maximum Gasteiger partial charge on any atom is 0.224 e. The Morgan fingerprint density at radius 1 is 1.00 bits per heavy atom. The van der Waals surface area contributed by atoms with Gasteiger partial charge in [-0.05, 0) is 56.2 Å². The number of hydrogen-bond acceptors (Lipinski definition) is 3. The van der Waals surface area contributed by atoms with Gasteiger partial charge in [-0.25, -0.2) is 0 Å². The van der Waals surface area contributed by atoms with Crippen molar-refractivity contribution >= 4 is 28.7 Å². The van der Waals surface area contributed by atoms with E-state index in [4.69, 9.17) is 0 Å². The molecule has 1 amide bonds. The van der Waals surface area contributed by atoms with Crippen LogP contribution in [-0.2, 0) is 4.79 Å². The predicted molar refractivity (Wildman–Crippen MR) is 87.2 cm³/mol. The first-order valence-corrected chi connectivity index (χ1v) is 7.73. The second-order valence-corrected chi connectivity index (χ2v) is 6.55. The molecule has 0 fully saturated rings. The van der Waals surface area contributed by atoms with E-state index in [1.165, 1.54) is 11.3 Å². The topological polar surface area (TPSA) is 46.2 Å². The Hall–Kier alpha value is -1.94. The van der Waals surface area contributed by atoms with Crippen molar-refractivity contribution < 1.29 is 9.59 Å². The maximum absolute atomic E-state index is 12.0. The van der Waals surface area contributed by atoms with Crippen LogP contribution in [0.4, 0.5) is 5.69 Å².